The summed E-state index contributed by atoms with van der Waals surface area (Å²) in [4.78, 5) is 19.2. The zero-order valence-corrected chi connectivity index (χ0v) is 17.4. The van der Waals surface area contributed by atoms with Crippen molar-refractivity contribution in [3.05, 3.63) is 98.5 Å². The second-order valence-corrected chi connectivity index (χ2v) is 8.28. The van der Waals surface area contributed by atoms with Crippen LogP contribution >= 0.6 is 35.0 Å². The molecular weight excluding hydrogens is 411 g/mol. The summed E-state index contributed by atoms with van der Waals surface area (Å²) in [6, 6.07) is 20.7. The molecule has 0 unspecified atom stereocenters. The van der Waals surface area contributed by atoms with Gasteiger partial charge in [0.25, 0.3) is 5.56 Å². The molecule has 0 saturated carbocycles. The van der Waals surface area contributed by atoms with Crippen molar-refractivity contribution in [3.63, 3.8) is 0 Å². The van der Waals surface area contributed by atoms with E-state index in [1.165, 1.54) is 0 Å². The van der Waals surface area contributed by atoms with Crippen molar-refractivity contribution in [2.75, 3.05) is 0 Å². The molecule has 0 saturated heterocycles. The number of nitrogens with zero attached hydrogens (tertiary/aromatic N) is 2. The SMILES string of the molecule is Cc1ccccc1-n1c(CSc2cccc(Cl)c2)nc2ccc(Cl)cc2c1=O. The van der Waals surface area contributed by atoms with Gasteiger partial charge in [0.05, 0.1) is 22.3 Å². The van der Waals surface area contributed by atoms with E-state index in [0.29, 0.717) is 32.5 Å². The summed E-state index contributed by atoms with van der Waals surface area (Å²) in [6.45, 7) is 1.98. The van der Waals surface area contributed by atoms with Gasteiger partial charge >= 0.3 is 0 Å². The Morgan fingerprint density at radius 1 is 0.964 bits per heavy atom. The van der Waals surface area contributed by atoms with Gasteiger partial charge in [0, 0.05) is 14.9 Å². The lowest BCUT2D eigenvalue weighted by Gasteiger charge is -2.15. The molecule has 0 aliphatic rings. The van der Waals surface area contributed by atoms with E-state index in [1.54, 1.807) is 34.5 Å². The molecule has 1 heterocycles. The zero-order chi connectivity index (χ0) is 19.7. The number of benzene rings is 3. The number of thioether (sulfide) groups is 1. The predicted octanol–water partition coefficient (Wildman–Crippen LogP) is 6.29. The van der Waals surface area contributed by atoms with Crippen LogP contribution in [0.5, 0.6) is 0 Å². The highest BCUT2D eigenvalue weighted by atomic mass is 35.5. The first-order chi connectivity index (χ1) is 13.5. The molecule has 0 radical (unpaired) electrons. The number of rotatable bonds is 4. The molecule has 0 N–H and O–H groups in total. The summed E-state index contributed by atoms with van der Waals surface area (Å²) >= 11 is 13.8. The molecule has 0 bridgehead atoms. The number of para-hydroxylation sites is 1. The van der Waals surface area contributed by atoms with Crippen molar-refractivity contribution < 1.29 is 0 Å². The summed E-state index contributed by atoms with van der Waals surface area (Å²) in [7, 11) is 0. The van der Waals surface area contributed by atoms with Crippen molar-refractivity contribution in [1.29, 1.82) is 0 Å². The zero-order valence-electron chi connectivity index (χ0n) is 15.0. The van der Waals surface area contributed by atoms with Gasteiger partial charge in [-0.2, -0.15) is 0 Å². The van der Waals surface area contributed by atoms with E-state index in [9.17, 15) is 4.79 Å². The van der Waals surface area contributed by atoms with Crippen LogP contribution in [0.3, 0.4) is 0 Å². The second kappa shape index (κ2) is 8.00. The molecule has 140 valence electrons. The molecule has 0 aliphatic carbocycles. The molecule has 3 nitrogen and oxygen atoms in total. The van der Waals surface area contributed by atoms with Gasteiger partial charge in [0.1, 0.15) is 5.82 Å². The molecule has 28 heavy (non-hydrogen) atoms. The number of halogens is 2. The number of hydrogen-bond donors (Lipinski definition) is 0. The fraction of sp³-hybridized carbons (Fsp3) is 0.0909. The molecule has 6 heteroatoms. The second-order valence-electron chi connectivity index (χ2n) is 6.36. The third kappa shape index (κ3) is 3.81. The van der Waals surface area contributed by atoms with Crippen LogP contribution in [0.25, 0.3) is 16.6 Å². The Morgan fingerprint density at radius 3 is 2.54 bits per heavy atom. The summed E-state index contributed by atoms with van der Waals surface area (Å²) in [5.41, 5.74) is 2.34. The average Bonchev–Trinajstić information content (AvgIpc) is 2.68. The minimum absolute atomic E-state index is 0.122. The Kier molecular flexibility index (Phi) is 5.44. The topological polar surface area (TPSA) is 34.9 Å². The van der Waals surface area contributed by atoms with Crippen LogP contribution in [-0.2, 0) is 5.75 Å². The Morgan fingerprint density at radius 2 is 1.75 bits per heavy atom. The molecule has 4 aromatic rings. The summed E-state index contributed by atoms with van der Waals surface area (Å²) < 4.78 is 1.69. The van der Waals surface area contributed by atoms with E-state index >= 15 is 0 Å². The highest BCUT2D eigenvalue weighted by Crippen LogP contribution is 2.27. The van der Waals surface area contributed by atoms with Crippen molar-refractivity contribution >= 4 is 45.9 Å². The Hall–Kier alpha value is -2.27. The quantitative estimate of drug-likeness (QED) is 0.359. The number of fused-ring (bicyclic) bond motifs is 1. The maximum absolute atomic E-state index is 13.4. The van der Waals surface area contributed by atoms with E-state index in [1.807, 2.05) is 55.5 Å². The summed E-state index contributed by atoms with van der Waals surface area (Å²) in [6.07, 6.45) is 0. The molecule has 1 aromatic heterocycles. The van der Waals surface area contributed by atoms with Gasteiger partial charge in [0.2, 0.25) is 0 Å². The molecular formula is C22H16Cl2N2OS. The van der Waals surface area contributed by atoms with Crippen LogP contribution in [0.1, 0.15) is 11.4 Å². The van der Waals surface area contributed by atoms with Gasteiger partial charge in [-0.15, -0.1) is 11.8 Å². The molecule has 0 atom stereocenters. The normalized spacial score (nSPS) is 11.1. The van der Waals surface area contributed by atoms with Crippen LogP contribution in [0.2, 0.25) is 10.0 Å². The molecule has 0 fully saturated rings. The Labute approximate surface area is 176 Å². The minimum Gasteiger partial charge on any atom is -0.268 e. The Bertz CT molecular complexity index is 1240. The van der Waals surface area contributed by atoms with Gasteiger partial charge in [-0.25, -0.2) is 4.98 Å². The molecule has 0 amide bonds. The third-order valence-corrected chi connectivity index (χ3v) is 5.88. The van der Waals surface area contributed by atoms with E-state index in [2.05, 4.69) is 0 Å². The summed E-state index contributed by atoms with van der Waals surface area (Å²) in [5, 5.41) is 1.71. The van der Waals surface area contributed by atoms with E-state index in [4.69, 9.17) is 28.2 Å². The smallest absolute Gasteiger partial charge is 0.266 e. The first-order valence-corrected chi connectivity index (χ1v) is 10.4. The maximum Gasteiger partial charge on any atom is 0.266 e. The van der Waals surface area contributed by atoms with Crippen LogP contribution in [0.4, 0.5) is 0 Å². The molecule has 4 rings (SSSR count). The van der Waals surface area contributed by atoms with Gasteiger partial charge < -0.3 is 0 Å². The van der Waals surface area contributed by atoms with Crippen LogP contribution in [-0.4, -0.2) is 9.55 Å². The fourth-order valence-corrected chi connectivity index (χ4v) is 4.37. The standard InChI is InChI=1S/C22H16Cl2N2OS/c1-14-5-2-3-8-20(14)26-21(13-28-17-7-4-6-15(23)11-17)25-19-10-9-16(24)12-18(19)22(26)27/h2-12H,13H2,1H3. The number of aryl methyl sites for hydroxylation is 1. The van der Waals surface area contributed by atoms with Gasteiger partial charge in [0.15, 0.2) is 0 Å². The largest absolute Gasteiger partial charge is 0.268 e. The lowest BCUT2D eigenvalue weighted by atomic mass is 10.2. The highest BCUT2D eigenvalue weighted by molar-refractivity contribution is 7.98. The predicted molar refractivity (Wildman–Crippen MR) is 118 cm³/mol. The van der Waals surface area contributed by atoms with Gasteiger partial charge in [-0.05, 0) is 55.0 Å². The maximum atomic E-state index is 13.4. The number of aromatic nitrogens is 2. The lowest BCUT2D eigenvalue weighted by molar-refractivity contribution is 0.877. The first-order valence-electron chi connectivity index (χ1n) is 8.68. The molecule has 0 aliphatic heterocycles. The van der Waals surface area contributed by atoms with E-state index in [0.717, 1.165) is 16.1 Å². The Balaban J connectivity index is 1.88. The first kappa shape index (κ1) is 19.1. The van der Waals surface area contributed by atoms with E-state index < -0.39 is 0 Å². The van der Waals surface area contributed by atoms with E-state index in [-0.39, 0.29) is 5.56 Å². The molecule has 0 spiro atoms. The summed E-state index contributed by atoms with van der Waals surface area (Å²) in [5.74, 6) is 1.21. The highest BCUT2D eigenvalue weighted by Gasteiger charge is 2.15. The van der Waals surface area contributed by atoms with Crippen molar-refractivity contribution in [3.8, 4) is 5.69 Å². The van der Waals surface area contributed by atoms with Crippen LogP contribution < -0.4 is 5.56 Å². The average molecular weight is 427 g/mol. The number of hydrogen-bond acceptors (Lipinski definition) is 3. The monoisotopic (exact) mass is 426 g/mol. The minimum atomic E-state index is -0.122. The van der Waals surface area contributed by atoms with Gasteiger partial charge in [-0.1, -0.05) is 47.5 Å². The third-order valence-electron chi connectivity index (χ3n) is 4.42. The lowest BCUT2D eigenvalue weighted by Crippen LogP contribution is -2.24. The van der Waals surface area contributed by atoms with Crippen molar-refractivity contribution in [1.82, 2.24) is 9.55 Å². The van der Waals surface area contributed by atoms with Crippen LogP contribution in [0, 0.1) is 6.92 Å². The van der Waals surface area contributed by atoms with Gasteiger partial charge in [-0.3, -0.25) is 9.36 Å². The van der Waals surface area contributed by atoms with Crippen LogP contribution in [0.15, 0.2) is 76.4 Å². The van der Waals surface area contributed by atoms with Crippen molar-refractivity contribution in [2.24, 2.45) is 0 Å². The fourth-order valence-electron chi connectivity index (χ4n) is 3.07. The van der Waals surface area contributed by atoms with Crippen molar-refractivity contribution in [2.45, 2.75) is 17.6 Å². The molecule has 3 aromatic carbocycles.